The van der Waals surface area contributed by atoms with Crippen molar-refractivity contribution < 1.29 is 24.6 Å². The first kappa shape index (κ1) is 17.5. The highest BCUT2D eigenvalue weighted by Crippen LogP contribution is 2.28. The molecule has 3 N–H and O–H groups in total. The minimum absolute atomic E-state index is 0.0128. The Kier molecular flexibility index (Phi) is 4.88. The lowest BCUT2D eigenvalue weighted by Gasteiger charge is -2.42. The molecule has 26 heavy (non-hydrogen) atoms. The second kappa shape index (κ2) is 7.26. The number of aromatic hydroxyl groups is 1. The van der Waals surface area contributed by atoms with Crippen LogP contribution in [-0.2, 0) is 20.8 Å². The van der Waals surface area contributed by atoms with Crippen LogP contribution in [0.1, 0.15) is 17.2 Å². The zero-order valence-electron chi connectivity index (χ0n) is 13.8. The predicted molar refractivity (Wildman–Crippen MR) is 92.3 cm³/mol. The standard InChI is InChI=1S/C19H18N2O5/c22-14-8-6-13(7-9-14)17(19(25)26)21-11-15(18(21)24)20-16(23)10-12-4-2-1-3-5-12/h1-9,15,17,22H,10-11H2,(H,20,23)(H,25,26). The van der Waals surface area contributed by atoms with Gasteiger partial charge >= 0.3 is 5.97 Å². The van der Waals surface area contributed by atoms with Crippen molar-refractivity contribution in [1.29, 1.82) is 0 Å². The molecule has 0 radical (unpaired) electrons. The van der Waals surface area contributed by atoms with Gasteiger partial charge in [0.2, 0.25) is 11.8 Å². The third kappa shape index (κ3) is 3.66. The van der Waals surface area contributed by atoms with Crippen molar-refractivity contribution in [1.82, 2.24) is 10.2 Å². The first-order chi connectivity index (χ1) is 12.5. The van der Waals surface area contributed by atoms with Crippen molar-refractivity contribution in [3.63, 3.8) is 0 Å². The first-order valence-electron chi connectivity index (χ1n) is 8.11. The van der Waals surface area contributed by atoms with Crippen LogP contribution in [0.2, 0.25) is 0 Å². The molecule has 134 valence electrons. The number of phenolic OH excluding ortho intramolecular Hbond substituents is 1. The Labute approximate surface area is 149 Å². The van der Waals surface area contributed by atoms with Gasteiger partial charge in [-0.25, -0.2) is 4.79 Å². The molecule has 1 heterocycles. The summed E-state index contributed by atoms with van der Waals surface area (Å²) in [5.74, 6) is -1.88. The number of carboxylic acids is 1. The molecule has 7 heteroatoms. The van der Waals surface area contributed by atoms with Crippen molar-refractivity contribution in [3.05, 3.63) is 65.7 Å². The minimum Gasteiger partial charge on any atom is -0.508 e. The van der Waals surface area contributed by atoms with Crippen LogP contribution in [-0.4, -0.2) is 45.5 Å². The fourth-order valence-electron chi connectivity index (χ4n) is 2.93. The van der Waals surface area contributed by atoms with E-state index < -0.39 is 24.0 Å². The van der Waals surface area contributed by atoms with Crippen molar-refractivity contribution in [2.75, 3.05) is 6.54 Å². The lowest BCUT2D eigenvalue weighted by Crippen LogP contribution is -2.65. The zero-order valence-corrected chi connectivity index (χ0v) is 13.8. The summed E-state index contributed by atoms with van der Waals surface area (Å²) in [5, 5.41) is 21.4. The molecule has 0 saturated carbocycles. The van der Waals surface area contributed by atoms with Crippen LogP contribution >= 0.6 is 0 Å². The molecule has 0 spiro atoms. The van der Waals surface area contributed by atoms with Crippen LogP contribution in [0.4, 0.5) is 0 Å². The summed E-state index contributed by atoms with van der Waals surface area (Å²) in [5.41, 5.74) is 1.22. The monoisotopic (exact) mass is 354 g/mol. The van der Waals surface area contributed by atoms with Gasteiger partial charge in [-0.2, -0.15) is 0 Å². The maximum absolute atomic E-state index is 12.3. The number of rotatable bonds is 6. The summed E-state index contributed by atoms with van der Waals surface area (Å²) in [4.78, 5) is 37.2. The number of carbonyl (C=O) groups excluding carboxylic acids is 2. The number of nitrogens with one attached hydrogen (secondary N) is 1. The molecular formula is C19H18N2O5. The van der Waals surface area contributed by atoms with Crippen LogP contribution in [0, 0.1) is 0 Å². The summed E-state index contributed by atoms with van der Waals surface area (Å²) in [6.07, 6.45) is 0.158. The Hall–Kier alpha value is -3.35. The van der Waals surface area contributed by atoms with Gasteiger partial charge in [-0.1, -0.05) is 42.5 Å². The van der Waals surface area contributed by atoms with Crippen LogP contribution in [0.3, 0.4) is 0 Å². The molecule has 1 aliphatic rings. The third-order valence-corrected chi connectivity index (χ3v) is 4.26. The van der Waals surface area contributed by atoms with Gasteiger partial charge in [0.05, 0.1) is 13.0 Å². The Morgan fingerprint density at radius 3 is 2.35 bits per heavy atom. The van der Waals surface area contributed by atoms with E-state index >= 15 is 0 Å². The number of benzene rings is 2. The molecule has 1 fully saturated rings. The van der Waals surface area contributed by atoms with E-state index in [-0.39, 0.29) is 24.6 Å². The highest BCUT2D eigenvalue weighted by atomic mass is 16.4. The van der Waals surface area contributed by atoms with Gasteiger partial charge in [0.15, 0.2) is 6.04 Å². The summed E-state index contributed by atoms with van der Waals surface area (Å²) >= 11 is 0. The highest BCUT2D eigenvalue weighted by Gasteiger charge is 2.44. The maximum atomic E-state index is 12.3. The van der Waals surface area contributed by atoms with Crippen molar-refractivity contribution >= 4 is 17.8 Å². The van der Waals surface area contributed by atoms with Crippen molar-refractivity contribution in [2.45, 2.75) is 18.5 Å². The Morgan fingerprint density at radius 2 is 1.77 bits per heavy atom. The highest BCUT2D eigenvalue weighted by molar-refractivity contribution is 5.95. The number of β-lactam (4-membered cyclic amide) rings is 1. The number of aliphatic carboxylic acids is 1. The molecule has 3 rings (SSSR count). The van der Waals surface area contributed by atoms with E-state index in [2.05, 4.69) is 5.32 Å². The van der Waals surface area contributed by atoms with Crippen LogP contribution in [0.5, 0.6) is 5.75 Å². The van der Waals surface area contributed by atoms with Gasteiger partial charge in [-0.3, -0.25) is 9.59 Å². The number of amides is 2. The van der Waals surface area contributed by atoms with Gasteiger partial charge < -0.3 is 20.4 Å². The molecule has 1 aliphatic heterocycles. The number of likely N-dealkylation sites (tertiary alicyclic amines) is 1. The molecule has 7 nitrogen and oxygen atoms in total. The van der Waals surface area contributed by atoms with Crippen molar-refractivity contribution in [3.8, 4) is 5.75 Å². The second-order valence-corrected chi connectivity index (χ2v) is 6.11. The fourth-order valence-corrected chi connectivity index (χ4v) is 2.93. The first-order valence-corrected chi connectivity index (χ1v) is 8.11. The molecular weight excluding hydrogens is 336 g/mol. The largest absolute Gasteiger partial charge is 0.508 e. The van der Waals surface area contributed by atoms with Gasteiger partial charge in [0.25, 0.3) is 0 Å². The summed E-state index contributed by atoms with van der Waals surface area (Å²) in [6, 6.07) is 12.9. The van der Waals surface area contributed by atoms with Crippen LogP contribution in [0.25, 0.3) is 0 Å². The lowest BCUT2D eigenvalue weighted by molar-refractivity contribution is -0.160. The molecule has 2 amide bonds. The minimum atomic E-state index is -1.17. The van der Waals surface area contributed by atoms with E-state index in [4.69, 9.17) is 0 Å². The molecule has 0 bridgehead atoms. The number of nitrogens with zero attached hydrogens (tertiary/aromatic N) is 1. The average Bonchev–Trinajstić information content (AvgIpc) is 2.62. The maximum Gasteiger partial charge on any atom is 0.331 e. The van der Waals surface area contributed by atoms with E-state index in [0.717, 1.165) is 5.56 Å². The normalized spacial score (nSPS) is 17.3. The summed E-state index contributed by atoms with van der Waals surface area (Å²) in [6.45, 7) is 0.122. The molecule has 0 aliphatic carbocycles. The second-order valence-electron chi connectivity index (χ2n) is 6.11. The number of hydrogen-bond donors (Lipinski definition) is 3. The van der Waals surface area contributed by atoms with E-state index in [1.807, 2.05) is 30.3 Å². The van der Waals surface area contributed by atoms with Gasteiger partial charge in [-0.05, 0) is 23.3 Å². The Morgan fingerprint density at radius 1 is 1.12 bits per heavy atom. The molecule has 2 unspecified atom stereocenters. The number of carboxylic acid groups (broad SMARTS) is 1. The van der Waals surface area contributed by atoms with E-state index in [1.165, 1.54) is 29.2 Å². The predicted octanol–water partition coefficient (Wildman–Crippen LogP) is 1.09. The molecule has 2 atom stereocenters. The summed E-state index contributed by atoms with van der Waals surface area (Å²) < 4.78 is 0. The van der Waals surface area contributed by atoms with E-state index in [9.17, 15) is 24.6 Å². The van der Waals surface area contributed by atoms with Crippen LogP contribution < -0.4 is 5.32 Å². The van der Waals surface area contributed by atoms with Gasteiger partial charge in [-0.15, -0.1) is 0 Å². The zero-order chi connectivity index (χ0) is 18.7. The SMILES string of the molecule is O=C(Cc1ccccc1)NC1CN(C(C(=O)O)c2ccc(O)cc2)C1=O. The van der Waals surface area contributed by atoms with Gasteiger partial charge in [0.1, 0.15) is 11.8 Å². The average molecular weight is 354 g/mol. The smallest absolute Gasteiger partial charge is 0.331 e. The number of carbonyl (C=O) groups is 3. The molecule has 0 aromatic heterocycles. The molecule has 2 aromatic carbocycles. The quantitative estimate of drug-likeness (QED) is 0.673. The summed E-state index contributed by atoms with van der Waals surface area (Å²) in [7, 11) is 0. The van der Waals surface area contributed by atoms with E-state index in [0.29, 0.717) is 5.56 Å². The molecule has 2 aromatic rings. The number of hydrogen-bond acceptors (Lipinski definition) is 4. The van der Waals surface area contributed by atoms with Crippen LogP contribution in [0.15, 0.2) is 54.6 Å². The molecule has 1 saturated heterocycles. The number of phenols is 1. The van der Waals surface area contributed by atoms with Crippen molar-refractivity contribution in [2.24, 2.45) is 0 Å². The fraction of sp³-hybridized carbons (Fsp3) is 0.211. The topological polar surface area (TPSA) is 107 Å². The van der Waals surface area contributed by atoms with E-state index in [1.54, 1.807) is 0 Å². The Balaban J connectivity index is 1.62. The van der Waals surface area contributed by atoms with Gasteiger partial charge in [0, 0.05) is 0 Å². The third-order valence-electron chi connectivity index (χ3n) is 4.26. The lowest BCUT2D eigenvalue weighted by atomic mass is 9.98. The Bertz CT molecular complexity index is 820.